The predicted octanol–water partition coefficient (Wildman–Crippen LogP) is 2.11. The van der Waals surface area contributed by atoms with Crippen LogP contribution >= 0.6 is 0 Å². The molecule has 1 amide bonds. The van der Waals surface area contributed by atoms with Crippen LogP contribution in [0, 0.1) is 6.92 Å². The Morgan fingerprint density at radius 2 is 1.78 bits per heavy atom. The van der Waals surface area contributed by atoms with Gasteiger partial charge in [-0.25, -0.2) is 17.9 Å². The van der Waals surface area contributed by atoms with E-state index in [9.17, 15) is 18.0 Å². The quantitative estimate of drug-likeness (QED) is 0.731. The van der Waals surface area contributed by atoms with Gasteiger partial charge in [0.2, 0.25) is 10.0 Å². The monoisotopic (exact) mass is 390 g/mol. The van der Waals surface area contributed by atoms with E-state index in [-0.39, 0.29) is 17.0 Å². The van der Waals surface area contributed by atoms with Gasteiger partial charge in [-0.1, -0.05) is 31.2 Å². The molecule has 0 heterocycles. The van der Waals surface area contributed by atoms with Crippen molar-refractivity contribution in [1.29, 1.82) is 0 Å². The number of para-hydroxylation sites is 1. The number of esters is 1. The first-order valence-corrected chi connectivity index (χ1v) is 9.83. The summed E-state index contributed by atoms with van der Waals surface area (Å²) in [6.07, 6.45) is 0. The maximum absolute atomic E-state index is 12.4. The molecular weight excluding hydrogens is 368 g/mol. The zero-order valence-corrected chi connectivity index (χ0v) is 16.2. The lowest BCUT2D eigenvalue weighted by Gasteiger charge is -2.17. The van der Waals surface area contributed by atoms with E-state index < -0.39 is 28.5 Å². The van der Waals surface area contributed by atoms with Gasteiger partial charge < -0.3 is 9.64 Å². The highest BCUT2D eigenvalue weighted by Crippen LogP contribution is 2.17. The summed E-state index contributed by atoms with van der Waals surface area (Å²) in [6.45, 7) is 3.11. The van der Waals surface area contributed by atoms with Gasteiger partial charge in [-0.3, -0.25) is 4.79 Å². The molecule has 0 aromatic heterocycles. The second kappa shape index (κ2) is 8.79. The zero-order chi connectivity index (χ0) is 20.0. The molecule has 0 saturated carbocycles. The highest BCUT2D eigenvalue weighted by atomic mass is 32.2. The van der Waals surface area contributed by atoms with Crippen LogP contribution in [-0.2, 0) is 19.6 Å². The summed E-state index contributed by atoms with van der Waals surface area (Å²) in [4.78, 5) is 25.9. The Morgan fingerprint density at radius 1 is 1.11 bits per heavy atom. The van der Waals surface area contributed by atoms with Crippen LogP contribution in [0.1, 0.15) is 22.8 Å². The molecule has 8 heteroatoms. The number of benzene rings is 2. The fraction of sp³-hybridized carbons (Fsp3) is 0.263. The molecule has 2 rings (SSSR count). The Labute approximate surface area is 159 Å². The van der Waals surface area contributed by atoms with Crippen molar-refractivity contribution in [3.63, 3.8) is 0 Å². The predicted molar refractivity (Wildman–Crippen MR) is 102 cm³/mol. The molecule has 0 spiro atoms. The largest absolute Gasteiger partial charge is 0.452 e. The summed E-state index contributed by atoms with van der Waals surface area (Å²) >= 11 is 0. The zero-order valence-electron chi connectivity index (χ0n) is 15.4. The third-order valence-corrected chi connectivity index (χ3v) is 5.46. The number of anilines is 1. The average Bonchev–Trinajstić information content (AvgIpc) is 2.66. The van der Waals surface area contributed by atoms with Gasteiger partial charge in [0.05, 0.1) is 10.5 Å². The van der Waals surface area contributed by atoms with Gasteiger partial charge in [0.15, 0.2) is 6.61 Å². The van der Waals surface area contributed by atoms with Gasteiger partial charge in [-0.15, -0.1) is 0 Å². The fourth-order valence-corrected chi connectivity index (χ4v) is 3.43. The molecular formula is C19H22N2O5S. The smallest absolute Gasteiger partial charge is 0.338 e. The van der Waals surface area contributed by atoms with Crippen LogP contribution in [0.4, 0.5) is 5.69 Å². The minimum absolute atomic E-state index is 0.0327. The van der Waals surface area contributed by atoms with Gasteiger partial charge in [0.25, 0.3) is 5.91 Å². The third-order valence-electron chi connectivity index (χ3n) is 3.92. The van der Waals surface area contributed by atoms with Gasteiger partial charge >= 0.3 is 5.97 Å². The molecule has 0 atom stereocenters. The molecule has 0 fully saturated rings. The number of carbonyl (C=O) groups excluding carboxylic acids is 2. The highest BCUT2D eigenvalue weighted by Gasteiger charge is 2.20. The van der Waals surface area contributed by atoms with E-state index in [2.05, 4.69) is 4.72 Å². The van der Waals surface area contributed by atoms with E-state index in [0.717, 1.165) is 0 Å². The van der Waals surface area contributed by atoms with Crippen molar-refractivity contribution >= 4 is 27.6 Å². The van der Waals surface area contributed by atoms with E-state index in [4.69, 9.17) is 4.74 Å². The van der Waals surface area contributed by atoms with Crippen LogP contribution in [0.25, 0.3) is 0 Å². The minimum Gasteiger partial charge on any atom is -0.452 e. The van der Waals surface area contributed by atoms with Gasteiger partial charge in [-0.2, -0.15) is 0 Å². The van der Waals surface area contributed by atoms with Crippen molar-refractivity contribution in [3.05, 3.63) is 59.7 Å². The van der Waals surface area contributed by atoms with Crippen molar-refractivity contribution in [2.75, 3.05) is 25.1 Å². The normalized spacial score (nSPS) is 11.1. The second-order valence-electron chi connectivity index (χ2n) is 5.84. The van der Waals surface area contributed by atoms with Crippen LogP contribution in [-0.4, -0.2) is 40.5 Å². The van der Waals surface area contributed by atoms with Gasteiger partial charge in [-0.05, 0) is 36.8 Å². The lowest BCUT2D eigenvalue weighted by atomic mass is 10.1. The number of ether oxygens (including phenoxy) is 1. The molecule has 0 radical (unpaired) electrons. The van der Waals surface area contributed by atoms with E-state index in [0.29, 0.717) is 11.3 Å². The first-order valence-electron chi connectivity index (χ1n) is 8.35. The number of rotatable bonds is 7. The molecule has 0 bridgehead atoms. The highest BCUT2D eigenvalue weighted by molar-refractivity contribution is 7.89. The van der Waals surface area contributed by atoms with Crippen LogP contribution in [0.3, 0.4) is 0 Å². The maximum atomic E-state index is 12.4. The number of amides is 1. The van der Waals surface area contributed by atoms with E-state index in [1.165, 1.54) is 23.1 Å². The maximum Gasteiger partial charge on any atom is 0.338 e. The lowest BCUT2D eigenvalue weighted by molar-refractivity contribution is -0.121. The number of likely N-dealkylation sites (N-methyl/N-ethyl adjacent to an activating group) is 1. The standard InChI is InChI=1S/C19H22N2O5S/c1-4-20-27(24,25)16-11-10-14(2)17(12-16)19(23)26-13-18(22)21(3)15-8-6-5-7-9-15/h5-12,20H,4,13H2,1-3H3. The Bertz CT molecular complexity index is 926. The molecule has 2 aromatic rings. The molecule has 0 aliphatic carbocycles. The molecule has 7 nitrogen and oxygen atoms in total. The summed E-state index contributed by atoms with van der Waals surface area (Å²) in [6, 6.07) is 13.1. The van der Waals surface area contributed by atoms with Gasteiger partial charge in [0, 0.05) is 19.3 Å². The summed E-state index contributed by atoms with van der Waals surface area (Å²) in [5.41, 5.74) is 1.33. The summed E-state index contributed by atoms with van der Waals surface area (Å²) in [7, 11) is -2.11. The number of hydrogen-bond acceptors (Lipinski definition) is 5. The van der Waals surface area contributed by atoms with Gasteiger partial charge in [0.1, 0.15) is 0 Å². The number of nitrogens with one attached hydrogen (secondary N) is 1. The first kappa shape index (κ1) is 20.6. The number of nitrogens with zero attached hydrogens (tertiary/aromatic N) is 1. The summed E-state index contributed by atoms with van der Waals surface area (Å²) in [5, 5.41) is 0. The Balaban J connectivity index is 2.11. The number of sulfonamides is 1. The van der Waals surface area contributed by atoms with Crippen molar-refractivity contribution in [3.8, 4) is 0 Å². The second-order valence-corrected chi connectivity index (χ2v) is 7.61. The lowest BCUT2D eigenvalue weighted by Crippen LogP contribution is -2.31. The van der Waals surface area contributed by atoms with E-state index in [1.54, 1.807) is 45.2 Å². The first-order chi connectivity index (χ1) is 12.8. The van der Waals surface area contributed by atoms with Crippen molar-refractivity contribution in [2.45, 2.75) is 18.7 Å². The molecule has 27 heavy (non-hydrogen) atoms. The number of carbonyl (C=O) groups is 2. The molecule has 144 valence electrons. The van der Waals surface area contributed by atoms with Crippen LogP contribution in [0.15, 0.2) is 53.4 Å². The molecule has 1 N–H and O–H groups in total. The SMILES string of the molecule is CCNS(=O)(=O)c1ccc(C)c(C(=O)OCC(=O)N(C)c2ccccc2)c1. The Kier molecular flexibility index (Phi) is 6.70. The van der Waals surface area contributed by atoms with E-state index >= 15 is 0 Å². The van der Waals surface area contributed by atoms with Crippen molar-refractivity contribution in [1.82, 2.24) is 4.72 Å². The number of hydrogen-bond donors (Lipinski definition) is 1. The molecule has 0 saturated heterocycles. The summed E-state index contributed by atoms with van der Waals surface area (Å²) < 4.78 is 31.7. The number of aryl methyl sites for hydroxylation is 1. The fourth-order valence-electron chi connectivity index (χ4n) is 2.36. The van der Waals surface area contributed by atoms with Crippen LogP contribution < -0.4 is 9.62 Å². The van der Waals surface area contributed by atoms with Crippen molar-refractivity contribution in [2.24, 2.45) is 0 Å². The van der Waals surface area contributed by atoms with Crippen LogP contribution in [0.2, 0.25) is 0 Å². The Hall–Kier alpha value is -2.71. The minimum atomic E-state index is -3.70. The molecule has 0 unspecified atom stereocenters. The molecule has 2 aromatic carbocycles. The van der Waals surface area contributed by atoms with Crippen LogP contribution in [0.5, 0.6) is 0 Å². The van der Waals surface area contributed by atoms with E-state index in [1.807, 2.05) is 6.07 Å². The molecule has 0 aliphatic rings. The molecule has 0 aliphatic heterocycles. The summed E-state index contributed by atoms with van der Waals surface area (Å²) in [5.74, 6) is -1.15. The Morgan fingerprint density at radius 3 is 2.41 bits per heavy atom. The average molecular weight is 390 g/mol. The topological polar surface area (TPSA) is 92.8 Å². The van der Waals surface area contributed by atoms with Crippen molar-refractivity contribution < 1.29 is 22.7 Å². The third kappa shape index (κ3) is 5.15.